The molecular weight excluding hydrogens is 192 g/mol. The van der Waals surface area contributed by atoms with Crippen LogP contribution in [0.15, 0.2) is 29.2 Å². The van der Waals surface area contributed by atoms with E-state index in [4.69, 9.17) is 5.73 Å². The molecular formula is C9H11F2NS. The van der Waals surface area contributed by atoms with E-state index in [2.05, 4.69) is 0 Å². The van der Waals surface area contributed by atoms with Crippen LogP contribution in [0.2, 0.25) is 0 Å². The molecule has 0 radical (unpaired) electrons. The molecule has 1 rings (SSSR count). The lowest BCUT2D eigenvalue weighted by Crippen LogP contribution is -2.17. The number of hydrogen-bond acceptors (Lipinski definition) is 2. The highest BCUT2D eigenvalue weighted by Gasteiger charge is 2.03. The maximum Gasteiger partial charge on any atom is 0.123 e. The Balaban J connectivity index is 2.41. The van der Waals surface area contributed by atoms with Gasteiger partial charge in [-0.25, -0.2) is 8.78 Å². The summed E-state index contributed by atoms with van der Waals surface area (Å²) in [4.78, 5) is 0.859. The van der Waals surface area contributed by atoms with E-state index >= 15 is 0 Å². The van der Waals surface area contributed by atoms with Gasteiger partial charge in [-0.15, -0.1) is 11.8 Å². The lowest BCUT2D eigenvalue weighted by Gasteiger charge is -2.04. The van der Waals surface area contributed by atoms with Gasteiger partial charge in [0.2, 0.25) is 0 Å². The molecule has 4 heteroatoms. The van der Waals surface area contributed by atoms with Crippen molar-refractivity contribution in [1.29, 1.82) is 0 Å². The first-order chi connectivity index (χ1) is 6.22. The van der Waals surface area contributed by atoms with Gasteiger partial charge in [0.05, 0.1) is 0 Å². The highest BCUT2D eigenvalue weighted by Crippen LogP contribution is 2.19. The molecule has 1 nitrogen and oxygen atoms in total. The van der Waals surface area contributed by atoms with Crippen LogP contribution in [0.3, 0.4) is 0 Å². The summed E-state index contributed by atoms with van der Waals surface area (Å²) in [5, 5.41) is 0. The molecule has 13 heavy (non-hydrogen) atoms. The average Bonchev–Trinajstić information content (AvgIpc) is 2.16. The summed E-state index contributed by atoms with van der Waals surface area (Å²) < 4.78 is 25.1. The van der Waals surface area contributed by atoms with Crippen LogP contribution in [0.25, 0.3) is 0 Å². The first-order valence-corrected chi connectivity index (χ1v) is 4.93. The van der Waals surface area contributed by atoms with E-state index < -0.39 is 6.17 Å². The molecule has 0 fully saturated rings. The molecule has 1 atom stereocenters. The van der Waals surface area contributed by atoms with Crippen LogP contribution < -0.4 is 5.73 Å². The summed E-state index contributed by atoms with van der Waals surface area (Å²) in [5.41, 5.74) is 5.11. The zero-order chi connectivity index (χ0) is 9.68. The molecule has 0 aliphatic carbocycles. The van der Waals surface area contributed by atoms with Gasteiger partial charge in [0.1, 0.15) is 12.0 Å². The number of thioether (sulfide) groups is 1. The first kappa shape index (κ1) is 10.5. The maximum absolute atomic E-state index is 12.7. The number of halogens is 2. The van der Waals surface area contributed by atoms with Gasteiger partial charge in [-0.2, -0.15) is 0 Å². The van der Waals surface area contributed by atoms with E-state index in [0.29, 0.717) is 5.75 Å². The van der Waals surface area contributed by atoms with Crippen LogP contribution in [0.1, 0.15) is 0 Å². The summed E-state index contributed by atoms with van der Waals surface area (Å²) in [7, 11) is 0. The van der Waals surface area contributed by atoms with Gasteiger partial charge in [0.15, 0.2) is 0 Å². The number of benzene rings is 1. The van der Waals surface area contributed by atoms with Crippen molar-refractivity contribution >= 4 is 11.8 Å². The summed E-state index contributed by atoms with van der Waals surface area (Å²) in [6, 6.07) is 5.97. The molecule has 1 aromatic rings. The molecule has 0 saturated carbocycles. The Morgan fingerprint density at radius 3 is 2.46 bits per heavy atom. The first-order valence-electron chi connectivity index (χ1n) is 3.95. The minimum atomic E-state index is -0.991. The highest BCUT2D eigenvalue weighted by molar-refractivity contribution is 7.99. The minimum absolute atomic E-state index is 0.0359. The van der Waals surface area contributed by atoms with Gasteiger partial charge in [-0.1, -0.05) is 0 Å². The standard InChI is InChI=1S/C9H11F2NS/c10-7-1-3-9(4-2-7)13-6-8(11)5-12/h1-4,8H,5-6,12H2. The second-order valence-corrected chi connectivity index (χ2v) is 3.69. The van der Waals surface area contributed by atoms with Crippen molar-refractivity contribution in [1.82, 2.24) is 0 Å². The van der Waals surface area contributed by atoms with E-state index in [1.54, 1.807) is 12.1 Å². The Bertz CT molecular complexity index is 250. The Morgan fingerprint density at radius 2 is 1.92 bits per heavy atom. The van der Waals surface area contributed by atoms with Crippen LogP contribution in [-0.2, 0) is 0 Å². The van der Waals surface area contributed by atoms with Gasteiger partial charge < -0.3 is 5.73 Å². The zero-order valence-electron chi connectivity index (χ0n) is 7.04. The second kappa shape index (κ2) is 5.19. The van der Waals surface area contributed by atoms with Crippen LogP contribution >= 0.6 is 11.8 Å². The van der Waals surface area contributed by atoms with E-state index in [0.717, 1.165) is 4.90 Å². The van der Waals surface area contributed by atoms with Crippen LogP contribution in [0.5, 0.6) is 0 Å². The monoisotopic (exact) mass is 203 g/mol. The molecule has 0 aliphatic rings. The zero-order valence-corrected chi connectivity index (χ0v) is 7.86. The van der Waals surface area contributed by atoms with Crippen LogP contribution in [0.4, 0.5) is 8.78 Å². The van der Waals surface area contributed by atoms with Crippen molar-refractivity contribution in [2.45, 2.75) is 11.1 Å². The molecule has 0 spiro atoms. The van der Waals surface area contributed by atoms with E-state index in [1.165, 1.54) is 23.9 Å². The minimum Gasteiger partial charge on any atom is -0.328 e. The third kappa shape index (κ3) is 3.74. The lowest BCUT2D eigenvalue weighted by atomic mass is 10.4. The molecule has 0 amide bonds. The van der Waals surface area contributed by atoms with Crippen molar-refractivity contribution in [3.05, 3.63) is 30.1 Å². The Kier molecular flexibility index (Phi) is 4.18. The van der Waals surface area contributed by atoms with Crippen molar-refractivity contribution in [2.75, 3.05) is 12.3 Å². The predicted octanol–water partition coefficient (Wildman–Crippen LogP) is 2.21. The fourth-order valence-corrected chi connectivity index (χ4v) is 1.62. The molecule has 0 bridgehead atoms. The molecule has 0 saturated heterocycles. The van der Waals surface area contributed by atoms with Crippen LogP contribution in [-0.4, -0.2) is 18.5 Å². The highest BCUT2D eigenvalue weighted by atomic mass is 32.2. The number of rotatable bonds is 4. The fraction of sp³-hybridized carbons (Fsp3) is 0.333. The molecule has 0 aliphatic heterocycles. The summed E-state index contributed by atoms with van der Waals surface area (Å²) in [6.07, 6.45) is -0.991. The van der Waals surface area contributed by atoms with Crippen molar-refractivity contribution in [2.24, 2.45) is 5.73 Å². The maximum atomic E-state index is 12.7. The predicted molar refractivity (Wildman–Crippen MR) is 51.1 cm³/mol. The Hall–Kier alpha value is -0.610. The lowest BCUT2D eigenvalue weighted by molar-refractivity contribution is 0.376. The summed E-state index contributed by atoms with van der Waals surface area (Å²) in [6.45, 7) is 0.0359. The smallest absolute Gasteiger partial charge is 0.123 e. The molecule has 1 aromatic carbocycles. The Labute approximate surface area is 80.3 Å². The van der Waals surface area contributed by atoms with E-state index in [9.17, 15) is 8.78 Å². The molecule has 1 unspecified atom stereocenters. The largest absolute Gasteiger partial charge is 0.328 e. The number of hydrogen-bond donors (Lipinski definition) is 1. The fourth-order valence-electron chi connectivity index (χ4n) is 0.786. The molecule has 72 valence electrons. The van der Waals surface area contributed by atoms with Crippen molar-refractivity contribution in [3.8, 4) is 0 Å². The topological polar surface area (TPSA) is 26.0 Å². The second-order valence-electron chi connectivity index (χ2n) is 2.60. The normalized spacial score (nSPS) is 12.8. The number of nitrogens with two attached hydrogens (primary N) is 1. The number of alkyl halides is 1. The average molecular weight is 203 g/mol. The third-order valence-electron chi connectivity index (χ3n) is 1.50. The van der Waals surface area contributed by atoms with Gasteiger partial charge in [-0.05, 0) is 24.3 Å². The molecule has 0 aromatic heterocycles. The van der Waals surface area contributed by atoms with Crippen molar-refractivity contribution < 1.29 is 8.78 Å². The van der Waals surface area contributed by atoms with Crippen LogP contribution in [0, 0.1) is 5.82 Å². The van der Waals surface area contributed by atoms with Gasteiger partial charge in [-0.3, -0.25) is 0 Å². The van der Waals surface area contributed by atoms with Gasteiger partial charge in [0.25, 0.3) is 0 Å². The Morgan fingerprint density at radius 1 is 1.31 bits per heavy atom. The van der Waals surface area contributed by atoms with E-state index in [1.807, 2.05) is 0 Å². The summed E-state index contributed by atoms with van der Waals surface area (Å²) >= 11 is 1.34. The summed E-state index contributed by atoms with van der Waals surface area (Å²) in [5.74, 6) is 0.0438. The quantitative estimate of drug-likeness (QED) is 0.759. The SMILES string of the molecule is NCC(F)CSc1ccc(F)cc1. The van der Waals surface area contributed by atoms with Crippen molar-refractivity contribution in [3.63, 3.8) is 0 Å². The van der Waals surface area contributed by atoms with Gasteiger partial charge in [0, 0.05) is 17.2 Å². The molecule has 2 N–H and O–H groups in total. The third-order valence-corrected chi connectivity index (χ3v) is 2.63. The van der Waals surface area contributed by atoms with E-state index in [-0.39, 0.29) is 12.4 Å². The van der Waals surface area contributed by atoms with Gasteiger partial charge >= 0.3 is 0 Å². The molecule has 0 heterocycles.